The molecule has 1 rings (SSSR count). The van der Waals surface area contributed by atoms with E-state index in [1.54, 1.807) is 0 Å². The molecule has 0 aromatic heterocycles. The molecule has 1 fully saturated rings. The van der Waals surface area contributed by atoms with Crippen LogP contribution in [-0.4, -0.2) is 59.8 Å². The third kappa shape index (κ3) is 2.66. The summed E-state index contributed by atoms with van der Waals surface area (Å²) in [6, 6.07) is 1.22. The van der Waals surface area contributed by atoms with Gasteiger partial charge in [0.2, 0.25) is 0 Å². The van der Waals surface area contributed by atoms with Gasteiger partial charge in [-0.05, 0) is 20.4 Å². The van der Waals surface area contributed by atoms with E-state index in [0.717, 1.165) is 26.2 Å². The van der Waals surface area contributed by atoms with E-state index in [0.29, 0.717) is 12.1 Å². The summed E-state index contributed by atoms with van der Waals surface area (Å²) >= 11 is 0. The van der Waals surface area contributed by atoms with Crippen molar-refractivity contribution in [3.8, 4) is 0 Å². The van der Waals surface area contributed by atoms with Crippen LogP contribution in [0.25, 0.3) is 0 Å². The lowest BCUT2D eigenvalue weighted by Gasteiger charge is -2.43. The smallest absolute Gasteiger partial charge is 0.0558 e. The van der Waals surface area contributed by atoms with E-state index in [1.165, 1.54) is 0 Å². The lowest BCUT2D eigenvalue weighted by molar-refractivity contribution is 0.0359. The number of piperazine rings is 1. The van der Waals surface area contributed by atoms with Crippen LogP contribution in [0.5, 0.6) is 0 Å². The van der Waals surface area contributed by atoms with Gasteiger partial charge in [-0.1, -0.05) is 6.92 Å². The fourth-order valence-corrected chi connectivity index (χ4v) is 2.15. The number of hydrogen-bond acceptors (Lipinski definition) is 3. The summed E-state index contributed by atoms with van der Waals surface area (Å²) in [5.41, 5.74) is 0. The van der Waals surface area contributed by atoms with Crippen LogP contribution < -0.4 is 0 Å². The first-order valence-electron chi connectivity index (χ1n) is 5.28. The van der Waals surface area contributed by atoms with E-state index >= 15 is 0 Å². The fraction of sp³-hybridized carbons (Fsp3) is 1.00. The molecule has 1 heterocycles. The van der Waals surface area contributed by atoms with Crippen molar-refractivity contribution in [1.29, 1.82) is 0 Å². The van der Waals surface area contributed by atoms with E-state index in [1.807, 2.05) is 0 Å². The molecule has 0 saturated carbocycles. The molecular formula is C10H22N2O. The number of rotatable bonds is 3. The molecule has 1 saturated heterocycles. The van der Waals surface area contributed by atoms with E-state index < -0.39 is 0 Å². The zero-order valence-corrected chi connectivity index (χ0v) is 9.03. The highest BCUT2D eigenvalue weighted by molar-refractivity contribution is 4.83. The molecule has 2 unspecified atom stereocenters. The highest BCUT2D eigenvalue weighted by Crippen LogP contribution is 2.13. The van der Waals surface area contributed by atoms with Crippen molar-refractivity contribution < 1.29 is 5.11 Å². The van der Waals surface area contributed by atoms with Gasteiger partial charge in [-0.15, -0.1) is 0 Å². The number of β-amino-alcohol motifs (C(OH)–C–C–N with tert-alkyl or cyclic N) is 1. The van der Waals surface area contributed by atoms with E-state index in [-0.39, 0.29) is 6.61 Å². The Kier molecular flexibility index (Phi) is 4.16. The minimum absolute atomic E-state index is 0.281. The summed E-state index contributed by atoms with van der Waals surface area (Å²) in [5, 5.41) is 8.89. The van der Waals surface area contributed by atoms with Gasteiger partial charge in [0.25, 0.3) is 0 Å². The van der Waals surface area contributed by atoms with E-state index in [4.69, 9.17) is 5.11 Å². The molecular weight excluding hydrogens is 164 g/mol. The monoisotopic (exact) mass is 186 g/mol. The Morgan fingerprint density at radius 2 is 1.69 bits per heavy atom. The number of hydrogen-bond donors (Lipinski definition) is 1. The summed E-state index contributed by atoms with van der Waals surface area (Å²) in [6.45, 7) is 11.2. The third-order valence-corrected chi connectivity index (χ3v) is 3.04. The lowest BCUT2D eigenvalue weighted by atomic mass is 10.1. The van der Waals surface area contributed by atoms with Crippen molar-refractivity contribution in [2.45, 2.75) is 32.9 Å². The molecule has 0 spiro atoms. The van der Waals surface area contributed by atoms with Gasteiger partial charge in [0.1, 0.15) is 0 Å². The fourth-order valence-electron chi connectivity index (χ4n) is 2.15. The molecule has 2 atom stereocenters. The van der Waals surface area contributed by atoms with Crippen LogP contribution in [0.2, 0.25) is 0 Å². The van der Waals surface area contributed by atoms with Crippen LogP contribution in [0.3, 0.4) is 0 Å². The highest BCUT2D eigenvalue weighted by Gasteiger charge is 2.26. The zero-order chi connectivity index (χ0) is 9.84. The quantitative estimate of drug-likeness (QED) is 0.691. The molecule has 0 aromatic carbocycles. The Labute approximate surface area is 81.3 Å². The minimum atomic E-state index is 0.281. The van der Waals surface area contributed by atoms with Gasteiger partial charge in [0.05, 0.1) is 6.61 Å². The second kappa shape index (κ2) is 4.94. The summed E-state index contributed by atoms with van der Waals surface area (Å²) in [7, 11) is 0. The first-order valence-corrected chi connectivity index (χ1v) is 5.28. The maximum absolute atomic E-state index is 8.89. The molecule has 1 aliphatic rings. The zero-order valence-electron chi connectivity index (χ0n) is 9.03. The molecule has 0 amide bonds. The predicted octanol–water partition coefficient (Wildman–Crippen LogP) is 0.393. The van der Waals surface area contributed by atoms with Gasteiger partial charge in [-0.2, -0.15) is 0 Å². The second-order valence-corrected chi connectivity index (χ2v) is 4.00. The Bertz CT molecular complexity index is 152. The molecule has 0 aliphatic carbocycles. The van der Waals surface area contributed by atoms with Crippen LogP contribution in [0.15, 0.2) is 0 Å². The maximum Gasteiger partial charge on any atom is 0.0558 e. The molecule has 0 bridgehead atoms. The third-order valence-electron chi connectivity index (χ3n) is 3.04. The normalized spacial score (nSPS) is 32.3. The average Bonchev–Trinajstić information content (AvgIpc) is 2.11. The van der Waals surface area contributed by atoms with E-state index in [9.17, 15) is 0 Å². The van der Waals surface area contributed by atoms with Crippen molar-refractivity contribution in [2.24, 2.45) is 0 Å². The van der Waals surface area contributed by atoms with Crippen LogP contribution >= 0.6 is 0 Å². The summed E-state index contributed by atoms with van der Waals surface area (Å²) in [5.74, 6) is 0. The summed E-state index contributed by atoms with van der Waals surface area (Å²) in [6.07, 6.45) is 0. The Morgan fingerprint density at radius 1 is 1.15 bits per heavy atom. The summed E-state index contributed by atoms with van der Waals surface area (Å²) < 4.78 is 0. The molecule has 78 valence electrons. The van der Waals surface area contributed by atoms with Crippen LogP contribution in [0, 0.1) is 0 Å². The molecule has 3 nitrogen and oxygen atoms in total. The van der Waals surface area contributed by atoms with Gasteiger partial charge in [0, 0.05) is 31.7 Å². The van der Waals surface area contributed by atoms with Gasteiger partial charge in [-0.25, -0.2) is 0 Å². The van der Waals surface area contributed by atoms with Crippen LogP contribution in [0.1, 0.15) is 20.8 Å². The summed E-state index contributed by atoms with van der Waals surface area (Å²) in [4.78, 5) is 4.87. The first-order chi connectivity index (χ1) is 6.19. The van der Waals surface area contributed by atoms with Gasteiger partial charge in [0.15, 0.2) is 0 Å². The van der Waals surface area contributed by atoms with Crippen molar-refractivity contribution >= 4 is 0 Å². The van der Waals surface area contributed by atoms with Crippen molar-refractivity contribution in [3.05, 3.63) is 0 Å². The van der Waals surface area contributed by atoms with Crippen LogP contribution in [0.4, 0.5) is 0 Å². The largest absolute Gasteiger partial charge is 0.395 e. The Hall–Kier alpha value is -0.120. The topological polar surface area (TPSA) is 26.7 Å². The predicted molar refractivity (Wildman–Crippen MR) is 54.8 cm³/mol. The van der Waals surface area contributed by atoms with Gasteiger partial charge >= 0.3 is 0 Å². The van der Waals surface area contributed by atoms with Gasteiger partial charge in [-0.3, -0.25) is 9.80 Å². The maximum atomic E-state index is 8.89. The number of aliphatic hydroxyl groups is 1. The van der Waals surface area contributed by atoms with Crippen molar-refractivity contribution in [1.82, 2.24) is 9.80 Å². The van der Waals surface area contributed by atoms with E-state index in [2.05, 4.69) is 30.6 Å². The Balaban J connectivity index is 2.46. The lowest BCUT2D eigenvalue weighted by Crippen LogP contribution is -2.56. The van der Waals surface area contributed by atoms with Gasteiger partial charge < -0.3 is 5.11 Å². The molecule has 13 heavy (non-hydrogen) atoms. The van der Waals surface area contributed by atoms with Crippen molar-refractivity contribution in [2.75, 3.05) is 32.8 Å². The second-order valence-electron chi connectivity index (χ2n) is 4.00. The molecule has 0 radical (unpaired) electrons. The number of likely N-dealkylation sites (N-methyl/N-ethyl adjacent to an activating group) is 1. The standard InChI is InChI=1S/C10H22N2O/c1-4-11-7-10(3)12(5-6-13)8-9(11)2/h9-10,13H,4-8H2,1-3H3. The molecule has 0 aromatic rings. The van der Waals surface area contributed by atoms with Crippen molar-refractivity contribution in [3.63, 3.8) is 0 Å². The first kappa shape index (κ1) is 11.0. The molecule has 3 heteroatoms. The SMILES string of the molecule is CCN1CC(C)N(CCO)CC1C. The minimum Gasteiger partial charge on any atom is -0.395 e. The van der Waals surface area contributed by atoms with Crippen LogP contribution in [-0.2, 0) is 0 Å². The number of aliphatic hydroxyl groups excluding tert-OH is 1. The molecule has 1 aliphatic heterocycles. The molecule has 1 N–H and O–H groups in total. The highest BCUT2D eigenvalue weighted by atomic mass is 16.3. The number of nitrogens with zero attached hydrogens (tertiary/aromatic N) is 2. The average molecular weight is 186 g/mol. The Morgan fingerprint density at radius 3 is 2.23 bits per heavy atom.